The normalized spacial score (nSPS) is 25.2. The molecule has 2 aromatic rings. The zero-order chi connectivity index (χ0) is 20.3. The Hall–Kier alpha value is -2.30. The third-order valence-electron chi connectivity index (χ3n) is 4.29. The molecule has 0 spiro atoms. The SMILES string of the molecule is Cc1ccc(S(=O)(=O)O[C@@H]2[C@@H](OC(=O)c3ccccc3)[C@@H](O)OC[C@@H]2N)cc1. The summed E-state index contributed by atoms with van der Waals surface area (Å²) in [6, 6.07) is 13.2. The van der Waals surface area contributed by atoms with E-state index >= 15 is 0 Å². The summed E-state index contributed by atoms with van der Waals surface area (Å²) in [5.74, 6) is -0.760. The average molecular weight is 407 g/mol. The lowest BCUT2D eigenvalue weighted by Gasteiger charge is -2.37. The number of carbonyl (C=O) groups excluding carboxylic acids is 1. The molecule has 1 heterocycles. The van der Waals surface area contributed by atoms with E-state index in [0.717, 1.165) is 5.56 Å². The van der Waals surface area contributed by atoms with E-state index in [9.17, 15) is 18.3 Å². The second kappa shape index (κ2) is 8.38. The lowest BCUT2D eigenvalue weighted by atomic mass is 10.0. The highest BCUT2D eigenvalue weighted by Crippen LogP contribution is 2.25. The van der Waals surface area contributed by atoms with Gasteiger partial charge >= 0.3 is 5.97 Å². The Balaban J connectivity index is 1.83. The van der Waals surface area contributed by atoms with E-state index in [1.54, 1.807) is 30.3 Å². The van der Waals surface area contributed by atoms with Crippen molar-refractivity contribution in [1.82, 2.24) is 0 Å². The molecule has 0 amide bonds. The van der Waals surface area contributed by atoms with Gasteiger partial charge in [-0.2, -0.15) is 8.42 Å². The zero-order valence-corrected chi connectivity index (χ0v) is 15.9. The molecule has 0 radical (unpaired) electrons. The highest BCUT2D eigenvalue weighted by atomic mass is 32.2. The number of ether oxygens (including phenoxy) is 2. The second-order valence-electron chi connectivity index (χ2n) is 6.45. The van der Waals surface area contributed by atoms with Crippen molar-refractivity contribution in [3.63, 3.8) is 0 Å². The Labute approximate surface area is 163 Å². The van der Waals surface area contributed by atoms with Crippen LogP contribution in [0.1, 0.15) is 15.9 Å². The number of esters is 1. The van der Waals surface area contributed by atoms with Crippen LogP contribution in [0.5, 0.6) is 0 Å². The van der Waals surface area contributed by atoms with Crippen molar-refractivity contribution in [3.05, 3.63) is 65.7 Å². The van der Waals surface area contributed by atoms with Crippen LogP contribution in [-0.4, -0.2) is 50.6 Å². The number of hydrogen-bond acceptors (Lipinski definition) is 8. The van der Waals surface area contributed by atoms with Crippen LogP contribution >= 0.6 is 0 Å². The van der Waals surface area contributed by atoms with Crippen molar-refractivity contribution >= 4 is 16.1 Å². The molecular weight excluding hydrogens is 386 g/mol. The third-order valence-corrected chi connectivity index (χ3v) is 5.61. The molecule has 3 N–H and O–H groups in total. The molecule has 1 fully saturated rings. The molecule has 4 atom stereocenters. The Kier molecular flexibility index (Phi) is 6.11. The summed E-state index contributed by atoms with van der Waals surface area (Å²) in [5, 5.41) is 10.1. The van der Waals surface area contributed by atoms with Crippen molar-refractivity contribution in [2.45, 2.75) is 36.4 Å². The molecule has 0 aromatic heterocycles. The van der Waals surface area contributed by atoms with Crippen molar-refractivity contribution in [3.8, 4) is 0 Å². The molecule has 0 bridgehead atoms. The minimum Gasteiger partial charge on any atom is -0.450 e. The van der Waals surface area contributed by atoms with Gasteiger partial charge < -0.3 is 20.3 Å². The van der Waals surface area contributed by atoms with Gasteiger partial charge in [0.1, 0.15) is 6.10 Å². The molecule has 0 unspecified atom stereocenters. The summed E-state index contributed by atoms with van der Waals surface area (Å²) in [6.45, 7) is 1.66. The van der Waals surface area contributed by atoms with Gasteiger partial charge in [0.15, 0.2) is 12.4 Å². The van der Waals surface area contributed by atoms with Gasteiger partial charge in [-0.05, 0) is 31.2 Å². The molecule has 1 aliphatic rings. The first-order valence-electron chi connectivity index (χ1n) is 8.59. The van der Waals surface area contributed by atoms with Crippen LogP contribution in [0.25, 0.3) is 0 Å². The Morgan fingerprint density at radius 2 is 1.75 bits per heavy atom. The van der Waals surface area contributed by atoms with Gasteiger partial charge in [-0.1, -0.05) is 35.9 Å². The molecule has 28 heavy (non-hydrogen) atoms. The van der Waals surface area contributed by atoms with Crippen LogP contribution in [0.2, 0.25) is 0 Å². The smallest absolute Gasteiger partial charge is 0.338 e. The number of rotatable bonds is 5. The Morgan fingerprint density at radius 1 is 1.11 bits per heavy atom. The van der Waals surface area contributed by atoms with E-state index in [1.807, 2.05) is 6.92 Å². The number of aryl methyl sites for hydroxylation is 1. The number of nitrogens with two attached hydrogens (primary N) is 1. The van der Waals surface area contributed by atoms with Crippen molar-refractivity contribution in [1.29, 1.82) is 0 Å². The minimum atomic E-state index is -4.20. The standard InChI is InChI=1S/C19H21NO7S/c1-12-7-9-14(10-8-12)28(23,24)27-16-15(20)11-25-19(22)17(16)26-18(21)13-5-3-2-4-6-13/h2-10,15-17,19,22H,11,20H2,1H3/t15-,16-,17+,19-/m0/s1. The first-order valence-corrected chi connectivity index (χ1v) is 10.00. The molecule has 1 aliphatic heterocycles. The van der Waals surface area contributed by atoms with E-state index in [1.165, 1.54) is 24.3 Å². The maximum absolute atomic E-state index is 12.6. The maximum atomic E-state index is 12.6. The van der Waals surface area contributed by atoms with Crippen LogP contribution in [0.15, 0.2) is 59.5 Å². The fraction of sp³-hybridized carbons (Fsp3) is 0.316. The summed E-state index contributed by atoms with van der Waals surface area (Å²) in [5.41, 5.74) is 7.05. The van der Waals surface area contributed by atoms with E-state index in [2.05, 4.69) is 0 Å². The lowest BCUT2D eigenvalue weighted by molar-refractivity contribution is -0.220. The molecule has 9 heteroatoms. The van der Waals surface area contributed by atoms with Crippen LogP contribution < -0.4 is 5.73 Å². The van der Waals surface area contributed by atoms with Crippen LogP contribution in [0, 0.1) is 6.92 Å². The molecule has 8 nitrogen and oxygen atoms in total. The topological polar surface area (TPSA) is 125 Å². The number of benzene rings is 2. The molecule has 0 aliphatic carbocycles. The van der Waals surface area contributed by atoms with E-state index in [-0.39, 0.29) is 17.1 Å². The summed E-state index contributed by atoms with van der Waals surface area (Å²) in [7, 11) is -4.20. The van der Waals surface area contributed by atoms with Gasteiger partial charge in [0.05, 0.1) is 23.1 Å². The highest BCUT2D eigenvalue weighted by molar-refractivity contribution is 7.86. The van der Waals surface area contributed by atoms with E-state index < -0.39 is 40.6 Å². The van der Waals surface area contributed by atoms with Crippen molar-refractivity contribution in [2.75, 3.05) is 6.61 Å². The van der Waals surface area contributed by atoms with E-state index in [0.29, 0.717) is 0 Å². The summed E-state index contributed by atoms with van der Waals surface area (Å²) < 4.78 is 40.9. The predicted molar refractivity (Wildman–Crippen MR) is 98.8 cm³/mol. The highest BCUT2D eigenvalue weighted by Gasteiger charge is 2.44. The van der Waals surface area contributed by atoms with Gasteiger partial charge in [0, 0.05) is 0 Å². The fourth-order valence-electron chi connectivity index (χ4n) is 2.73. The largest absolute Gasteiger partial charge is 0.450 e. The summed E-state index contributed by atoms with van der Waals surface area (Å²) >= 11 is 0. The number of aliphatic hydroxyl groups excluding tert-OH is 1. The van der Waals surface area contributed by atoms with Gasteiger partial charge in [-0.15, -0.1) is 0 Å². The number of carbonyl (C=O) groups is 1. The van der Waals surface area contributed by atoms with Gasteiger partial charge in [0.25, 0.3) is 10.1 Å². The number of aliphatic hydroxyl groups is 1. The zero-order valence-electron chi connectivity index (χ0n) is 15.1. The molecule has 3 rings (SSSR count). The minimum absolute atomic E-state index is 0.0700. The average Bonchev–Trinajstić information content (AvgIpc) is 2.68. The first-order chi connectivity index (χ1) is 13.3. The predicted octanol–water partition coefficient (Wildman–Crippen LogP) is 0.970. The van der Waals surface area contributed by atoms with Gasteiger partial charge in [0.2, 0.25) is 0 Å². The van der Waals surface area contributed by atoms with Crippen molar-refractivity contribution < 1.29 is 32.0 Å². The molecule has 0 saturated carbocycles. The number of hydrogen-bond donors (Lipinski definition) is 2. The quantitative estimate of drug-likeness (QED) is 0.555. The van der Waals surface area contributed by atoms with Crippen molar-refractivity contribution in [2.24, 2.45) is 5.73 Å². The molecule has 1 saturated heterocycles. The molecule has 150 valence electrons. The lowest BCUT2D eigenvalue weighted by Crippen LogP contribution is -2.59. The van der Waals surface area contributed by atoms with Crippen LogP contribution in [-0.2, 0) is 23.8 Å². The molecular formula is C19H21NO7S. The second-order valence-corrected chi connectivity index (χ2v) is 8.02. The first kappa shape index (κ1) is 20.4. The van der Waals surface area contributed by atoms with Gasteiger partial charge in [-0.3, -0.25) is 4.18 Å². The summed E-state index contributed by atoms with van der Waals surface area (Å²) in [6.07, 6.45) is -4.31. The van der Waals surface area contributed by atoms with Gasteiger partial charge in [-0.25, -0.2) is 4.79 Å². The van der Waals surface area contributed by atoms with Crippen LogP contribution in [0.4, 0.5) is 0 Å². The maximum Gasteiger partial charge on any atom is 0.338 e. The molecule has 2 aromatic carbocycles. The fourth-order valence-corrected chi connectivity index (χ4v) is 3.85. The Bertz CT molecular complexity index is 915. The third kappa shape index (κ3) is 4.57. The Morgan fingerprint density at radius 3 is 2.39 bits per heavy atom. The van der Waals surface area contributed by atoms with E-state index in [4.69, 9.17) is 19.4 Å². The summed E-state index contributed by atoms with van der Waals surface area (Å²) in [4.78, 5) is 12.3. The monoisotopic (exact) mass is 407 g/mol. The van der Waals surface area contributed by atoms with Crippen LogP contribution in [0.3, 0.4) is 0 Å².